The number of ether oxygens (including phenoxy) is 2. The van der Waals surface area contributed by atoms with Crippen molar-refractivity contribution in [2.24, 2.45) is 0 Å². The molecule has 0 aliphatic carbocycles. The fourth-order valence-electron chi connectivity index (χ4n) is 1.76. The van der Waals surface area contributed by atoms with E-state index in [1.54, 1.807) is 25.3 Å². The lowest BCUT2D eigenvalue weighted by molar-refractivity contribution is 0.0472. The summed E-state index contributed by atoms with van der Waals surface area (Å²) >= 11 is 0. The summed E-state index contributed by atoms with van der Waals surface area (Å²) in [7, 11) is 1.61. The summed E-state index contributed by atoms with van der Waals surface area (Å²) in [5.74, 6) is 0.415. The third-order valence-corrected chi connectivity index (χ3v) is 3.03. The van der Waals surface area contributed by atoms with Crippen LogP contribution in [0.1, 0.15) is 21.5 Å². The molecule has 0 saturated carbocycles. The van der Waals surface area contributed by atoms with Gasteiger partial charge >= 0.3 is 5.97 Å². The summed E-state index contributed by atoms with van der Waals surface area (Å²) < 4.78 is 10.3. The van der Waals surface area contributed by atoms with Gasteiger partial charge in [0.15, 0.2) is 0 Å². The van der Waals surface area contributed by atoms with E-state index in [0.29, 0.717) is 11.3 Å². The van der Waals surface area contributed by atoms with Crippen molar-refractivity contribution in [3.05, 3.63) is 59.2 Å². The maximum Gasteiger partial charge on any atom is 0.338 e. The van der Waals surface area contributed by atoms with E-state index in [1.807, 2.05) is 31.2 Å². The molecule has 104 valence electrons. The number of hydrogen-bond donors (Lipinski definition) is 1. The van der Waals surface area contributed by atoms with Crippen LogP contribution in [-0.2, 0) is 11.3 Å². The number of rotatable bonds is 4. The minimum absolute atomic E-state index is 0.228. The lowest BCUT2D eigenvalue weighted by atomic mass is 10.1. The molecule has 20 heavy (non-hydrogen) atoms. The lowest BCUT2D eigenvalue weighted by Gasteiger charge is -2.07. The highest BCUT2D eigenvalue weighted by Gasteiger charge is 2.08. The molecule has 0 bridgehead atoms. The van der Waals surface area contributed by atoms with Crippen molar-refractivity contribution in [2.45, 2.75) is 13.5 Å². The van der Waals surface area contributed by atoms with Crippen molar-refractivity contribution in [2.75, 3.05) is 12.8 Å². The Hall–Kier alpha value is -2.49. The maximum absolute atomic E-state index is 11.9. The van der Waals surface area contributed by atoms with Gasteiger partial charge in [-0.2, -0.15) is 0 Å². The van der Waals surface area contributed by atoms with Crippen molar-refractivity contribution in [1.29, 1.82) is 0 Å². The predicted octanol–water partition coefficient (Wildman–Crippen LogP) is 2.94. The SMILES string of the molecule is COc1ccc(COC(=O)c2ccc(N)c(C)c2)cc1. The standard InChI is InChI=1S/C16H17NO3/c1-11-9-13(5-8-15(11)17)16(18)20-10-12-3-6-14(19-2)7-4-12/h3-9H,10,17H2,1-2H3. The third-order valence-electron chi connectivity index (χ3n) is 3.03. The van der Waals surface area contributed by atoms with Crippen LogP contribution >= 0.6 is 0 Å². The van der Waals surface area contributed by atoms with Crippen molar-refractivity contribution < 1.29 is 14.3 Å². The maximum atomic E-state index is 11.9. The van der Waals surface area contributed by atoms with Gasteiger partial charge in [-0.1, -0.05) is 12.1 Å². The number of nitrogens with two attached hydrogens (primary N) is 1. The molecule has 0 aromatic heterocycles. The zero-order valence-corrected chi connectivity index (χ0v) is 11.6. The minimum Gasteiger partial charge on any atom is -0.497 e. The highest BCUT2D eigenvalue weighted by Crippen LogP contribution is 2.15. The van der Waals surface area contributed by atoms with Crippen LogP contribution in [0, 0.1) is 6.92 Å². The van der Waals surface area contributed by atoms with Gasteiger partial charge in [0.1, 0.15) is 12.4 Å². The first kappa shape index (κ1) is 13.9. The molecule has 0 unspecified atom stereocenters. The number of carbonyl (C=O) groups excluding carboxylic acids is 1. The molecular weight excluding hydrogens is 254 g/mol. The van der Waals surface area contributed by atoms with E-state index in [1.165, 1.54) is 0 Å². The van der Waals surface area contributed by atoms with E-state index in [-0.39, 0.29) is 12.6 Å². The third kappa shape index (κ3) is 3.29. The average molecular weight is 271 g/mol. The molecule has 0 atom stereocenters. The monoisotopic (exact) mass is 271 g/mol. The van der Waals surface area contributed by atoms with Crippen LogP contribution in [0.3, 0.4) is 0 Å². The molecule has 0 spiro atoms. The second-order valence-corrected chi connectivity index (χ2v) is 4.50. The topological polar surface area (TPSA) is 61.5 Å². The van der Waals surface area contributed by atoms with Crippen molar-refractivity contribution in [1.82, 2.24) is 0 Å². The van der Waals surface area contributed by atoms with Crippen LogP contribution in [0.15, 0.2) is 42.5 Å². The molecule has 2 aromatic carbocycles. The summed E-state index contributed by atoms with van der Waals surface area (Å²) in [4.78, 5) is 11.9. The molecule has 0 heterocycles. The molecule has 2 rings (SSSR count). The van der Waals surface area contributed by atoms with Crippen LogP contribution < -0.4 is 10.5 Å². The first-order valence-electron chi connectivity index (χ1n) is 6.26. The summed E-state index contributed by atoms with van der Waals surface area (Å²) in [5, 5.41) is 0. The summed E-state index contributed by atoms with van der Waals surface area (Å²) in [6, 6.07) is 12.5. The molecule has 4 nitrogen and oxygen atoms in total. The smallest absolute Gasteiger partial charge is 0.338 e. The van der Waals surface area contributed by atoms with Gasteiger partial charge in [0.25, 0.3) is 0 Å². The van der Waals surface area contributed by atoms with Crippen molar-refractivity contribution in [3.63, 3.8) is 0 Å². The van der Waals surface area contributed by atoms with Crippen LogP contribution in [0.2, 0.25) is 0 Å². The molecule has 0 saturated heterocycles. The van der Waals surface area contributed by atoms with Gasteiger partial charge in [-0.15, -0.1) is 0 Å². The van der Waals surface area contributed by atoms with Gasteiger partial charge in [-0.05, 0) is 48.4 Å². The van der Waals surface area contributed by atoms with Gasteiger partial charge in [0.2, 0.25) is 0 Å². The van der Waals surface area contributed by atoms with Crippen LogP contribution in [0.25, 0.3) is 0 Å². The fourth-order valence-corrected chi connectivity index (χ4v) is 1.76. The number of methoxy groups -OCH3 is 1. The first-order chi connectivity index (χ1) is 9.60. The summed E-state index contributed by atoms with van der Waals surface area (Å²) in [5.41, 5.74) is 8.66. The summed E-state index contributed by atoms with van der Waals surface area (Å²) in [6.07, 6.45) is 0. The predicted molar refractivity (Wildman–Crippen MR) is 77.7 cm³/mol. The Morgan fingerprint density at radius 3 is 2.45 bits per heavy atom. The van der Waals surface area contributed by atoms with E-state index in [2.05, 4.69) is 0 Å². The first-order valence-corrected chi connectivity index (χ1v) is 6.26. The van der Waals surface area contributed by atoms with Crippen LogP contribution in [0.5, 0.6) is 5.75 Å². The lowest BCUT2D eigenvalue weighted by Crippen LogP contribution is -2.06. The normalized spacial score (nSPS) is 10.1. The van der Waals surface area contributed by atoms with Crippen molar-refractivity contribution >= 4 is 11.7 Å². The molecule has 0 radical (unpaired) electrons. The minimum atomic E-state index is -0.357. The molecule has 2 N–H and O–H groups in total. The Kier molecular flexibility index (Phi) is 4.25. The van der Waals surface area contributed by atoms with E-state index >= 15 is 0 Å². The van der Waals surface area contributed by atoms with E-state index in [0.717, 1.165) is 16.9 Å². The van der Waals surface area contributed by atoms with E-state index in [4.69, 9.17) is 15.2 Å². The fraction of sp³-hybridized carbons (Fsp3) is 0.188. The summed E-state index contributed by atoms with van der Waals surface area (Å²) in [6.45, 7) is 2.09. The molecule has 0 aliphatic heterocycles. The van der Waals surface area contributed by atoms with E-state index in [9.17, 15) is 4.79 Å². The largest absolute Gasteiger partial charge is 0.497 e. The van der Waals surface area contributed by atoms with Gasteiger partial charge in [0.05, 0.1) is 12.7 Å². The highest BCUT2D eigenvalue weighted by molar-refractivity contribution is 5.90. The van der Waals surface area contributed by atoms with Crippen LogP contribution in [0.4, 0.5) is 5.69 Å². The Morgan fingerprint density at radius 1 is 1.15 bits per heavy atom. The van der Waals surface area contributed by atoms with Crippen LogP contribution in [-0.4, -0.2) is 13.1 Å². The van der Waals surface area contributed by atoms with Gasteiger partial charge in [0, 0.05) is 5.69 Å². The van der Waals surface area contributed by atoms with E-state index < -0.39 is 0 Å². The molecular formula is C16H17NO3. The number of anilines is 1. The highest BCUT2D eigenvalue weighted by atomic mass is 16.5. The van der Waals surface area contributed by atoms with Crippen molar-refractivity contribution in [3.8, 4) is 5.75 Å². The average Bonchev–Trinajstić information content (AvgIpc) is 2.48. The number of aryl methyl sites for hydroxylation is 1. The number of benzene rings is 2. The van der Waals surface area contributed by atoms with Gasteiger partial charge < -0.3 is 15.2 Å². The van der Waals surface area contributed by atoms with Gasteiger partial charge in [-0.25, -0.2) is 4.79 Å². The Labute approximate surface area is 118 Å². The second kappa shape index (κ2) is 6.10. The molecule has 0 fully saturated rings. The molecule has 0 amide bonds. The molecule has 4 heteroatoms. The number of nitrogen functional groups attached to an aromatic ring is 1. The Balaban J connectivity index is 1.98. The number of hydrogen-bond acceptors (Lipinski definition) is 4. The zero-order valence-electron chi connectivity index (χ0n) is 11.6. The Bertz CT molecular complexity index is 606. The quantitative estimate of drug-likeness (QED) is 0.686. The molecule has 2 aromatic rings. The number of carbonyl (C=O) groups is 1. The zero-order chi connectivity index (χ0) is 14.5. The second-order valence-electron chi connectivity index (χ2n) is 4.50. The van der Waals surface area contributed by atoms with Gasteiger partial charge in [-0.3, -0.25) is 0 Å². The molecule has 0 aliphatic rings. The number of esters is 1. The Morgan fingerprint density at radius 2 is 1.85 bits per heavy atom.